The number of nitrogens with one attached hydrogen (secondary N) is 1. The van der Waals surface area contributed by atoms with Gasteiger partial charge in [-0.05, 0) is 74.0 Å². The third-order valence-corrected chi connectivity index (χ3v) is 6.51. The number of para-hydroxylation sites is 2. The van der Waals surface area contributed by atoms with E-state index in [1.165, 1.54) is 5.56 Å². The van der Waals surface area contributed by atoms with Gasteiger partial charge in [0.2, 0.25) is 5.91 Å². The largest absolute Gasteiger partial charge is 0.493 e. The van der Waals surface area contributed by atoms with Crippen molar-refractivity contribution in [1.82, 2.24) is 19.8 Å². The molecule has 7 heteroatoms. The Morgan fingerprint density at radius 3 is 2.58 bits per heavy atom. The van der Waals surface area contributed by atoms with Crippen LogP contribution in [-0.2, 0) is 11.2 Å². The molecule has 4 rings (SSSR count). The van der Waals surface area contributed by atoms with Gasteiger partial charge in [-0.3, -0.25) is 9.36 Å². The van der Waals surface area contributed by atoms with Crippen LogP contribution in [0.15, 0.2) is 79.1 Å². The molecule has 0 aliphatic rings. The molecule has 1 heterocycles. The number of imidazole rings is 1. The lowest BCUT2D eigenvalue weighted by Gasteiger charge is -2.17. The zero-order chi connectivity index (χ0) is 26.7. The van der Waals surface area contributed by atoms with Crippen LogP contribution in [0.25, 0.3) is 22.8 Å². The number of carbonyl (C=O) groups is 1. The van der Waals surface area contributed by atoms with E-state index in [1.807, 2.05) is 48.8 Å². The molecule has 0 saturated carbocycles. The number of rotatable bonds is 13. The summed E-state index contributed by atoms with van der Waals surface area (Å²) in [6, 6.07) is 22.3. The number of ether oxygens (including phenoxy) is 2. The highest BCUT2D eigenvalue weighted by Gasteiger charge is 2.07. The van der Waals surface area contributed by atoms with Crippen molar-refractivity contribution in [2.75, 3.05) is 40.9 Å². The predicted molar refractivity (Wildman–Crippen MR) is 153 cm³/mol. The van der Waals surface area contributed by atoms with Gasteiger partial charge in [0.05, 0.1) is 25.3 Å². The van der Waals surface area contributed by atoms with Crippen LogP contribution in [0.4, 0.5) is 0 Å². The number of nitrogens with zero attached hydrogens (tertiary/aromatic N) is 3. The summed E-state index contributed by atoms with van der Waals surface area (Å²) < 4.78 is 12.8. The lowest BCUT2D eigenvalue weighted by atomic mass is 10.1. The Morgan fingerprint density at radius 2 is 1.79 bits per heavy atom. The summed E-state index contributed by atoms with van der Waals surface area (Å²) in [5.74, 6) is 1.54. The van der Waals surface area contributed by atoms with Crippen molar-refractivity contribution >= 4 is 23.0 Å². The summed E-state index contributed by atoms with van der Waals surface area (Å²) in [7, 11) is 5.40. The van der Waals surface area contributed by atoms with Crippen molar-refractivity contribution in [1.29, 1.82) is 0 Å². The van der Waals surface area contributed by atoms with E-state index < -0.39 is 0 Å². The highest BCUT2D eigenvalue weighted by molar-refractivity contribution is 5.79. The van der Waals surface area contributed by atoms with Crippen LogP contribution in [0.3, 0.4) is 0 Å². The van der Waals surface area contributed by atoms with Crippen LogP contribution in [0.2, 0.25) is 0 Å². The van der Waals surface area contributed by atoms with E-state index >= 15 is 0 Å². The second-order valence-corrected chi connectivity index (χ2v) is 9.25. The van der Waals surface area contributed by atoms with Crippen molar-refractivity contribution < 1.29 is 14.3 Å². The maximum absolute atomic E-state index is 12.2. The minimum atomic E-state index is 0.0377. The smallest absolute Gasteiger partial charge is 0.223 e. The fraction of sp³-hybridized carbons (Fsp3) is 0.290. The minimum absolute atomic E-state index is 0.0377. The molecule has 0 aliphatic heterocycles. The number of carbonyl (C=O) groups excluding carboxylic acids is 1. The van der Waals surface area contributed by atoms with E-state index in [9.17, 15) is 4.79 Å². The third-order valence-electron chi connectivity index (χ3n) is 6.51. The van der Waals surface area contributed by atoms with Crippen molar-refractivity contribution in [3.63, 3.8) is 0 Å². The maximum Gasteiger partial charge on any atom is 0.223 e. The molecule has 1 N–H and O–H groups in total. The molecule has 198 valence electrons. The first-order valence-electron chi connectivity index (χ1n) is 12.9. The van der Waals surface area contributed by atoms with E-state index in [-0.39, 0.29) is 5.91 Å². The van der Waals surface area contributed by atoms with E-state index in [4.69, 9.17) is 9.47 Å². The van der Waals surface area contributed by atoms with Gasteiger partial charge in [-0.15, -0.1) is 0 Å². The van der Waals surface area contributed by atoms with Gasteiger partial charge in [-0.25, -0.2) is 4.98 Å². The Morgan fingerprint density at radius 1 is 1.00 bits per heavy atom. The van der Waals surface area contributed by atoms with Crippen LogP contribution in [0.5, 0.6) is 11.5 Å². The van der Waals surface area contributed by atoms with Crippen molar-refractivity contribution in [3.8, 4) is 17.2 Å². The number of aromatic nitrogens is 2. The van der Waals surface area contributed by atoms with Crippen molar-refractivity contribution in [2.45, 2.75) is 19.3 Å². The molecule has 38 heavy (non-hydrogen) atoms. The molecule has 1 aromatic heterocycles. The van der Waals surface area contributed by atoms with Gasteiger partial charge in [0.1, 0.15) is 6.33 Å². The molecule has 0 radical (unpaired) electrons. The van der Waals surface area contributed by atoms with Crippen molar-refractivity contribution in [3.05, 3.63) is 90.3 Å². The molecule has 0 unspecified atom stereocenters. The normalized spacial score (nSPS) is 11.4. The number of amides is 1. The Labute approximate surface area is 224 Å². The molecule has 3 aromatic carbocycles. The summed E-state index contributed by atoms with van der Waals surface area (Å²) in [6.45, 7) is 2.52. The highest BCUT2D eigenvalue weighted by Crippen LogP contribution is 2.27. The van der Waals surface area contributed by atoms with E-state index in [1.54, 1.807) is 14.2 Å². The summed E-state index contributed by atoms with van der Waals surface area (Å²) in [5, 5.41) is 3.01. The predicted octanol–water partition coefficient (Wildman–Crippen LogP) is 5.13. The zero-order valence-electron chi connectivity index (χ0n) is 22.4. The number of hydrogen-bond donors (Lipinski definition) is 1. The lowest BCUT2D eigenvalue weighted by Crippen LogP contribution is -2.28. The summed E-state index contributed by atoms with van der Waals surface area (Å²) in [4.78, 5) is 19.0. The zero-order valence-corrected chi connectivity index (χ0v) is 22.4. The molecule has 0 bridgehead atoms. The van der Waals surface area contributed by atoms with Gasteiger partial charge in [-0.1, -0.05) is 42.5 Å². The van der Waals surface area contributed by atoms with Gasteiger partial charge < -0.3 is 19.7 Å². The second kappa shape index (κ2) is 13.4. The van der Waals surface area contributed by atoms with Gasteiger partial charge in [-0.2, -0.15) is 0 Å². The van der Waals surface area contributed by atoms with Gasteiger partial charge >= 0.3 is 0 Å². The number of hydrogen-bond acceptors (Lipinski definition) is 5. The molecular weight excluding hydrogens is 476 g/mol. The average molecular weight is 513 g/mol. The van der Waals surface area contributed by atoms with Crippen LogP contribution >= 0.6 is 0 Å². The summed E-state index contributed by atoms with van der Waals surface area (Å²) in [6.07, 6.45) is 7.93. The van der Waals surface area contributed by atoms with E-state index in [0.29, 0.717) is 13.0 Å². The molecule has 1 amide bonds. The topological polar surface area (TPSA) is 68.6 Å². The Kier molecular flexibility index (Phi) is 9.54. The maximum atomic E-state index is 12.2. The minimum Gasteiger partial charge on any atom is -0.493 e. The Bertz CT molecular complexity index is 1360. The van der Waals surface area contributed by atoms with E-state index in [2.05, 4.69) is 63.2 Å². The van der Waals surface area contributed by atoms with Gasteiger partial charge in [0.25, 0.3) is 0 Å². The summed E-state index contributed by atoms with van der Waals surface area (Å²) >= 11 is 0. The number of likely N-dealkylation sites (N-methyl/N-ethyl adjacent to an activating group) is 1. The quantitative estimate of drug-likeness (QED) is 0.252. The first-order valence-corrected chi connectivity index (χ1v) is 12.9. The molecular formula is C31H36N4O3. The molecule has 4 aromatic rings. The molecule has 0 aliphatic carbocycles. The Balaban J connectivity index is 1.13. The van der Waals surface area contributed by atoms with Gasteiger partial charge in [0, 0.05) is 25.2 Å². The molecule has 0 fully saturated rings. The van der Waals surface area contributed by atoms with Crippen LogP contribution in [0, 0.1) is 0 Å². The van der Waals surface area contributed by atoms with Crippen LogP contribution in [-0.4, -0.2) is 61.3 Å². The second-order valence-electron chi connectivity index (χ2n) is 9.25. The number of benzene rings is 3. The molecule has 0 atom stereocenters. The monoisotopic (exact) mass is 512 g/mol. The molecule has 7 nitrogen and oxygen atoms in total. The molecule has 0 saturated heterocycles. The summed E-state index contributed by atoms with van der Waals surface area (Å²) in [5.41, 5.74) is 5.38. The lowest BCUT2D eigenvalue weighted by molar-refractivity contribution is -0.120. The first kappa shape index (κ1) is 26.9. The highest BCUT2D eigenvalue weighted by atomic mass is 16.5. The van der Waals surface area contributed by atoms with Crippen LogP contribution < -0.4 is 14.8 Å². The Hall–Kier alpha value is -4.10. The number of fused-ring (bicyclic) bond motifs is 1. The third kappa shape index (κ3) is 7.23. The fourth-order valence-electron chi connectivity index (χ4n) is 4.33. The first-order chi connectivity index (χ1) is 18.6. The average Bonchev–Trinajstić information content (AvgIpc) is 3.38. The molecule has 0 spiro atoms. The van der Waals surface area contributed by atoms with Crippen molar-refractivity contribution in [2.24, 2.45) is 0 Å². The SMILES string of the molecule is COc1ccc(CCN(C)CCCNC(=O)C/C=C/c2ccc(-n3cnc4ccccc43)cc2)cc1OC. The number of methoxy groups -OCH3 is 2. The van der Waals surface area contributed by atoms with Crippen LogP contribution in [0.1, 0.15) is 24.0 Å². The fourth-order valence-corrected chi connectivity index (χ4v) is 4.33. The van der Waals surface area contributed by atoms with E-state index in [0.717, 1.165) is 59.7 Å². The van der Waals surface area contributed by atoms with Gasteiger partial charge in [0.15, 0.2) is 11.5 Å². The standard InChI is InChI=1S/C31H36N4O3/c1-34(21-18-25-14-17-29(37-2)30(22-25)38-3)20-7-19-32-31(36)11-6-8-24-12-15-26(16-13-24)35-23-33-27-9-4-5-10-28(27)35/h4-6,8-10,12-17,22-23H,7,11,18-21H2,1-3H3,(H,32,36)/b8-6+.